The number of nitrogens with zero attached hydrogens (tertiary/aromatic N) is 1. The van der Waals surface area contributed by atoms with Crippen molar-refractivity contribution >= 4 is 0 Å². The monoisotopic (exact) mass is 174 g/mol. The lowest BCUT2D eigenvalue weighted by molar-refractivity contribution is 0.506. The van der Waals surface area contributed by atoms with Gasteiger partial charge in [-0.05, 0) is 37.0 Å². The maximum Gasteiger partial charge on any atom is 0.0270 e. The number of pyridine rings is 1. The minimum absolute atomic E-state index is 0.743. The third kappa shape index (κ3) is 1.17. The third-order valence-corrected chi connectivity index (χ3v) is 3.43. The van der Waals surface area contributed by atoms with Crippen LogP contribution >= 0.6 is 0 Å². The zero-order valence-corrected chi connectivity index (χ0v) is 7.61. The first-order valence-corrected chi connectivity index (χ1v) is 5.09. The van der Waals surface area contributed by atoms with Crippen LogP contribution in [0.3, 0.4) is 0 Å². The van der Waals surface area contributed by atoms with Crippen molar-refractivity contribution in [2.75, 3.05) is 0 Å². The van der Waals surface area contributed by atoms with Crippen molar-refractivity contribution in [1.29, 1.82) is 0 Å². The van der Waals surface area contributed by atoms with Crippen LogP contribution in [-0.2, 0) is 0 Å². The summed E-state index contributed by atoms with van der Waals surface area (Å²) in [5.74, 6) is 0.752. The van der Waals surface area contributed by atoms with E-state index >= 15 is 0 Å². The molecule has 3 unspecified atom stereocenters. The summed E-state index contributed by atoms with van der Waals surface area (Å²) >= 11 is 0. The van der Waals surface area contributed by atoms with E-state index in [2.05, 4.69) is 22.4 Å². The second-order valence-electron chi connectivity index (χ2n) is 4.17. The number of nitrogens with one attached hydrogen (secondary N) is 1. The largest absolute Gasteiger partial charge is 0.311 e. The van der Waals surface area contributed by atoms with Crippen LogP contribution in [0.5, 0.6) is 0 Å². The van der Waals surface area contributed by atoms with Gasteiger partial charge in [-0.3, -0.25) is 4.98 Å². The SMILES string of the molecule is c1cc(C2CC3CCC2N3)ccn1. The van der Waals surface area contributed by atoms with E-state index in [1.807, 2.05) is 12.4 Å². The van der Waals surface area contributed by atoms with Crippen molar-refractivity contribution in [3.8, 4) is 0 Å². The Kier molecular flexibility index (Phi) is 1.62. The van der Waals surface area contributed by atoms with Crippen LogP contribution in [0.4, 0.5) is 0 Å². The smallest absolute Gasteiger partial charge is 0.0270 e. The average molecular weight is 174 g/mol. The Morgan fingerprint density at radius 3 is 2.69 bits per heavy atom. The van der Waals surface area contributed by atoms with Crippen LogP contribution in [0.15, 0.2) is 24.5 Å². The normalized spacial score (nSPS) is 36.8. The van der Waals surface area contributed by atoms with Crippen molar-refractivity contribution in [3.05, 3.63) is 30.1 Å². The fourth-order valence-corrected chi connectivity index (χ4v) is 2.80. The minimum atomic E-state index is 0.743. The van der Waals surface area contributed by atoms with Crippen LogP contribution in [0, 0.1) is 0 Å². The summed E-state index contributed by atoms with van der Waals surface area (Å²) < 4.78 is 0. The van der Waals surface area contributed by atoms with Gasteiger partial charge in [-0.25, -0.2) is 0 Å². The number of hydrogen-bond acceptors (Lipinski definition) is 2. The standard InChI is InChI=1S/C11H14N2/c1-2-11-10(7-9(1)13-11)8-3-5-12-6-4-8/h3-6,9-11,13H,1-2,7H2. The summed E-state index contributed by atoms with van der Waals surface area (Å²) in [6, 6.07) is 5.86. The molecule has 2 aliphatic rings. The highest BCUT2D eigenvalue weighted by Gasteiger charge is 2.39. The molecule has 0 saturated carbocycles. The molecule has 2 heteroatoms. The number of aromatic nitrogens is 1. The molecule has 0 amide bonds. The van der Waals surface area contributed by atoms with Gasteiger partial charge in [0.15, 0.2) is 0 Å². The van der Waals surface area contributed by atoms with Crippen molar-refractivity contribution in [2.24, 2.45) is 0 Å². The first-order chi connectivity index (χ1) is 6.43. The van der Waals surface area contributed by atoms with Crippen LogP contribution in [0.25, 0.3) is 0 Å². The second kappa shape index (κ2) is 2.81. The van der Waals surface area contributed by atoms with Gasteiger partial charge in [-0.15, -0.1) is 0 Å². The Hall–Kier alpha value is -0.890. The van der Waals surface area contributed by atoms with Gasteiger partial charge in [0.25, 0.3) is 0 Å². The molecular formula is C11H14N2. The fraction of sp³-hybridized carbons (Fsp3) is 0.545. The lowest BCUT2D eigenvalue weighted by Crippen LogP contribution is -2.21. The molecule has 0 spiro atoms. The quantitative estimate of drug-likeness (QED) is 0.700. The molecule has 0 radical (unpaired) electrons. The molecule has 3 atom stereocenters. The zero-order valence-electron chi connectivity index (χ0n) is 7.61. The topological polar surface area (TPSA) is 24.9 Å². The molecular weight excluding hydrogens is 160 g/mol. The van der Waals surface area contributed by atoms with Gasteiger partial charge in [0.05, 0.1) is 0 Å². The maximum atomic E-state index is 4.06. The van der Waals surface area contributed by atoms with Crippen molar-refractivity contribution in [1.82, 2.24) is 10.3 Å². The van der Waals surface area contributed by atoms with E-state index in [0.717, 1.165) is 18.0 Å². The first kappa shape index (κ1) is 7.51. The maximum absolute atomic E-state index is 4.06. The van der Waals surface area contributed by atoms with E-state index in [4.69, 9.17) is 0 Å². The van der Waals surface area contributed by atoms with Gasteiger partial charge < -0.3 is 5.32 Å². The Labute approximate surface area is 78.4 Å². The number of hydrogen-bond donors (Lipinski definition) is 1. The predicted octanol–water partition coefficient (Wildman–Crippen LogP) is 1.69. The highest BCUT2D eigenvalue weighted by atomic mass is 15.0. The highest BCUT2D eigenvalue weighted by molar-refractivity contribution is 5.22. The van der Waals surface area contributed by atoms with Crippen LogP contribution in [0.2, 0.25) is 0 Å². The summed E-state index contributed by atoms with van der Waals surface area (Å²) in [5.41, 5.74) is 1.47. The van der Waals surface area contributed by atoms with E-state index in [9.17, 15) is 0 Å². The molecule has 13 heavy (non-hydrogen) atoms. The number of rotatable bonds is 1. The Bertz CT molecular complexity index is 296. The molecule has 2 aliphatic heterocycles. The van der Waals surface area contributed by atoms with E-state index in [1.165, 1.54) is 24.8 Å². The Morgan fingerprint density at radius 1 is 1.23 bits per heavy atom. The van der Waals surface area contributed by atoms with Gasteiger partial charge in [0, 0.05) is 30.4 Å². The Balaban J connectivity index is 1.87. The van der Waals surface area contributed by atoms with Gasteiger partial charge in [0.1, 0.15) is 0 Å². The van der Waals surface area contributed by atoms with Gasteiger partial charge in [-0.1, -0.05) is 0 Å². The van der Waals surface area contributed by atoms with Crippen LogP contribution in [-0.4, -0.2) is 17.1 Å². The van der Waals surface area contributed by atoms with E-state index < -0.39 is 0 Å². The lowest BCUT2D eigenvalue weighted by atomic mass is 9.84. The van der Waals surface area contributed by atoms with Gasteiger partial charge in [0.2, 0.25) is 0 Å². The summed E-state index contributed by atoms with van der Waals surface area (Å²) in [7, 11) is 0. The second-order valence-corrected chi connectivity index (χ2v) is 4.17. The summed E-state index contributed by atoms with van der Waals surface area (Å²) in [6.07, 6.45) is 7.88. The lowest BCUT2D eigenvalue weighted by Gasteiger charge is -2.19. The molecule has 1 aromatic heterocycles. The van der Waals surface area contributed by atoms with E-state index in [1.54, 1.807) is 0 Å². The van der Waals surface area contributed by atoms with Gasteiger partial charge >= 0.3 is 0 Å². The molecule has 3 heterocycles. The van der Waals surface area contributed by atoms with Crippen LogP contribution in [0.1, 0.15) is 30.7 Å². The number of fused-ring (bicyclic) bond motifs is 2. The summed E-state index contributed by atoms with van der Waals surface area (Å²) in [4.78, 5) is 4.06. The molecule has 2 bridgehead atoms. The zero-order chi connectivity index (χ0) is 8.67. The Morgan fingerprint density at radius 2 is 2.08 bits per heavy atom. The molecule has 1 N–H and O–H groups in total. The molecule has 2 saturated heterocycles. The molecule has 68 valence electrons. The average Bonchev–Trinajstić information content (AvgIpc) is 2.80. The molecule has 1 aromatic rings. The van der Waals surface area contributed by atoms with E-state index in [-0.39, 0.29) is 0 Å². The third-order valence-electron chi connectivity index (χ3n) is 3.43. The summed E-state index contributed by atoms with van der Waals surface area (Å²) in [6.45, 7) is 0. The molecule has 2 nitrogen and oxygen atoms in total. The van der Waals surface area contributed by atoms with Crippen molar-refractivity contribution < 1.29 is 0 Å². The molecule has 0 aromatic carbocycles. The van der Waals surface area contributed by atoms with E-state index in [0.29, 0.717) is 0 Å². The first-order valence-electron chi connectivity index (χ1n) is 5.09. The molecule has 2 fully saturated rings. The minimum Gasteiger partial charge on any atom is -0.311 e. The van der Waals surface area contributed by atoms with Gasteiger partial charge in [-0.2, -0.15) is 0 Å². The molecule has 3 rings (SSSR count). The van der Waals surface area contributed by atoms with Crippen LogP contribution < -0.4 is 5.32 Å². The highest BCUT2D eigenvalue weighted by Crippen LogP contribution is 2.39. The predicted molar refractivity (Wildman–Crippen MR) is 51.5 cm³/mol. The fourth-order valence-electron chi connectivity index (χ4n) is 2.80. The molecule has 0 aliphatic carbocycles. The van der Waals surface area contributed by atoms with Crippen molar-refractivity contribution in [3.63, 3.8) is 0 Å². The van der Waals surface area contributed by atoms with Crippen molar-refractivity contribution in [2.45, 2.75) is 37.3 Å². The summed E-state index contributed by atoms with van der Waals surface area (Å²) in [5, 5.41) is 3.66.